The number of piperazine rings is 1. The fourth-order valence-electron chi connectivity index (χ4n) is 4.48. The van der Waals surface area contributed by atoms with Crippen LogP contribution in [-0.4, -0.2) is 41.0 Å². The van der Waals surface area contributed by atoms with Crippen molar-refractivity contribution < 1.29 is 14.3 Å². The third-order valence-corrected chi connectivity index (χ3v) is 5.98. The number of benzene rings is 1. The molecule has 6 heteroatoms. The number of nitrogens with zero attached hydrogens (tertiary/aromatic N) is 2. The minimum absolute atomic E-state index is 0.0986. The minimum atomic E-state index is -0.373. The SMILES string of the molecule is C=CC(C)(C)c1c(/C=C2\NC(=O)[C@@H]3CCCN3C2=O)c2ccccc2n1COC. The fraction of sp³-hybridized carbons (Fsp3) is 0.391. The molecular formula is C23H27N3O3. The Morgan fingerprint density at radius 3 is 2.79 bits per heavy atom. The molecular weight excluding hydrogens is 366 g/mol. The maximum absolute atomic E-state index is 13.0. The van der Waals surface area contributed by atoms with Gasteiger partial charge in [0.1, 0.15) is 18.5 Å². The Hall–Kier alpha value is -2.86. The van der Waals surface area contributed by atoms with Gasteiger partial charge in [-0.2, -0.15) is 0 Å². The highest BCUT2D eigenvalue weighted by atomic mass is 16.5. The summed E-state index contributed by atoms with van der Waals surface area (Å²) in [5, 5.41) is 3.86. The number of fused-ring (bicyclic) bond motifs is 2. The zero-order valence-corrected chi connectivity index (χ0v) is 17.2. The topological polar surface area (TPSA) is 63.6 Å². The number of amides is 2. The second kappa shape index (κ2) is 7.19. The molecule has 0 unspecified atom stereocenters. The van der Waals surface area contributed by atoms with Crippen LogP contribution >= 0.6 is 0 Å². The summed E-state index contributed by atoms with van der Waals surface area (Å²) in [4.78, 5) is 27.3. The molecule has 2 fully saturated rings. The van der Waals surface area contributed by atoms with Crippen LogP contribution in [0.3, 0.4) is 0 Å². The summed E-state index contributed by atoms with van der Waals surface area (Å²) in [5.74, 6) is -0.212. The average Bonchev–Trinajstić information content (AvgIpc) is 3.31. The predicted molar refractivity (Wildman–Crippen MR) is 113 cm³/mol. The molecule has 1 N–H and O–H groups in total. The van der Waals surface area contributed by atoms with Gasteiger partial charge in [-0.15, -0.1) is 6.58 Å². The van der Waals surface area contributed by atoms with Crippen molar-refractivity contribution in [2.24, 2.45) is 0 Å². The van der Waals surface area contributed by atoms with Crippen molar-refractivity contribution in [3.05, 3.63) is 53.9 Å². The van der Waals surface area contributed by atoms with Gasteiger partial charge < -0.3 is 19.5 Å². The molecule has 1 atom stereocenters. The average molecular weight is 393 g/mol. The van der Waals surface area contributed by atoms with E-state index in [1.54, 1.807) is 12.0 Å². The highest BCUT2D eigenvalue weighted by Gasteiger charge is 2.40. The van der Waals surface area contributed by atoms with Crippen LogP contribution in [0.1, 0.15) is 37.9 Å². The highest BCUT2D eigenvalue weighted by Crippen LogP contribution is 2.37. The Balaban J connectivity index is 1.94. The van der Waals surface area contributed by atoms with E-state index in [4.69, 9.17) is 4.74 Å². The highest BCUT2D eigenvalue weighted by molar-refractivity contribution is 6.09. The third-order valence-electron chi connectivity index (χ3n) is 5.98. The van der Waals surface area contributed by atoms with E-state index in [1.165, 1.54) is 0 Å². The van der Waals surface area contributed by atoms with E-state index >= 15 is 0 Å². The van der Waals surface area contributed by atoms with E-state index in [1.807, 2.05) is 36.4 Å². The largest absolute Gasteiger partial charge is 0.364 e. The number of rotatable bonds is 5. The number of hydrogen-bond acceptors (Lipinski definition) is 3. The number of carbonyl (C=O) groups excluding carboxylic acids is 2. The molecule has 0 saturated carbocycles. The second-order valence-corrected chi connectivity index (χ2v) is 8.25. The van der Waals surface area contributed by atoms with Gasteiger partial charge in [0.05, 0.1) is 5.52 Å². The Kier molecular flexibility index (Phi) is 4.82. The molecule has 6 nitrogen and oxygen atoms in total. The predicted octanol–water partition coefficient (Wildman–Crippen LogP) is 3.17. The number of allylic oxidation sites excluding steroid dienone is 1. The number of carbonyl (C=O) groups is 2. The molecule has 1 aromatic heterocycles. The summed E-state index contributed by atoms with van der Waals surface area (Å²) in [5.41, 5.74) is 2.87. The van der Waals surface area contributed by atoms with Gasteiger partial charge in [-0.1, -0.05) is 38.1 Å². The van der Waals surface area contributed by atoms with Gasteiger partial charge in [-0.05, 0) is 25.0 Å². The lowest BCUT2D eigenvalue weighted by molar-refractivity contribution is -0.140. The molecule has 0 spiro atoms. The van der Waals surface area contributed by atoms with E-state index in [0.717, 1.165) is 35.0 Å². The van der Waals surface area contributed by atoms with Gasteiger partial charge in [-0.3, -0.25) is 9.59 Å². The lowest BCUT2D eigenvalue weighted by Crippen LogP contribution is -2.53. The van der Waals surface area contributed by atoms with Crippen LogP contribution in [0.5, 0.6) is 0 Å². The van der Waals surface area contributed by atoms with Crippen molar-refractivity contribution in [1.82, 2.24) is 14.8 Å². The number of hydrogen-bond donors (Lipinski definition) is 1. The summed E-state index contributed by atoms with van der Waals surface area (Å²) in [6.07, 6.45) is 5.31. The van der Waals surface area contributed by atoms with E-state index in [9.17, 15) is 9.59 Å². The molecule has 4 rings (SSSR count). The van der Waals surface area contributed by atoms with Crippen molar-refractivity contribution in [3.8, 4) is 0 Å². The van der Waals surface area contributed by atoms with Crippen molar-refractivity contribution in [3.63, 3.8) is 0 Å². The molecule has 2 aromatic rings. The first kappa shape index (κ1) is 19.5. The number of aromatic nitrogens is 1. The number of ether oxygens (including phenoxy) is 1. The molecule has 1 aromatic carbocycles. The number of para-hydroxylation sites is 1. The van der Waals surface area contributed by atoms with E-state index in [2.05, 4.69) is 30.3 Å². The molecule has 2 aliphatic heterocycles. The van der Waals surface area contributed by atoms with Crippen LogP contribution in [0.25, 0.3) is 17.0 Å². The molecule has 152 valence electrons. The summed E-state index contributed by atoms with van der Waals surface area (Å²) in [6, 6.07) is 7.70. The van der Waals surface area contributed by atoms with Gasteiger partial charge in [0, 0.05) is 35.7 Å². The summed E-state index contributed by atoms with van der Waals surface area (Å²) < 4.78 is 7.59. The minimum Gasteiger partial charge on any atom is -0.364 e. The first-order valence-electron chi connectivity index (χ1n) is 9.97. The van der Waals surface area contributed by atoms with E-state index < -0.39 is 0 Å². The monoisotopic (exact) mass is 393 g/mol. The van der Waals surface area contributed by atoms with Crippen LogP contribution in [-0.2, 0) is 26.5 Å². The maximum Gasteiger partial charge on any atom is 0.271 e. The Morgan fingerprint density at radius 1 is 1.31 bits per heavy atom. The van der Waals surface area contributed by atoms with Crippen LogP contribution in [0.4, 0.5) is 0 Å². The molecule has 2 amide bonds. The van der Waals surface area contributed by atoms with Crippen molar-refractivity contribution in [2.45, 2.75) is 44.9 Å². The summed E-state index contributed by atoms with van der Waals surface area (Å²) >= 11 is 0. The van der Waals surface area contributed by atoms with Crippen LogP contribution in [0, 0.1) is 0 Å². The normalized spacial score (nSPS) is 21.0. The Bertz CT molecular complexity index is 1030. The second-order valence-electron chi connectivity index (χ2n) is 8.25. The van der Waals surface area contributed by atoms with Crippen LogP contribution in [0.2, 0.25) is 0 Å². The van der Waals surface area contributed by atoms with Crippen molar-refractivity contribution >= 4 is 28.8 Å². The molecule has 0 bridgehead atoms. The first-order valence-corrected chi connectivity index (χ1v) is 9.97. The summed E-state index contributed by atoms with van der Waals surface area (Å²) in [6.45, 7) is 9.20. The Morgan fingerprint density at radius 2 is 2.07 bits per heavy atom. The lowest BCUT2D eigenvalue weighted by atomic mass is 9.86. The van der Waals surface area contributed by atoms with Gasteiger partial charge in [-0.25, -0.2) is 0 Å². The quantitative estimate of drug-likeness (QED) is 0.627. The molecule has 2 saturated heterocycles. The first-order chi connectivity index (χ1) is 13.9. The van der Waals surface area contributed by atoms with Gasteiger partial charge in [0.25, 0.3) is 5.91 Å². The smallest absolute Gasteiger partial charge is 0.271 e. The van der Waals surface area contributed by atoms with E-state index in [-0.39, 0.29) is 23.3 Å². The van der Waals surface area contributed by atoms with Crippen LogP contribution in [0.15, 0.2) is 42.6 Å². The van der Waals surface area contributed by atoms with Gasteiger partial charge >= 0.3 is 0 Å². The maximum atomic E-state index is 13.0. The number of nitrogens with one attached hydrogen (secondary N) is 1. The molecule has 29 heavy (non-hydrogen) atoms. The Labute approximate surface area is 170 Å². The van der Waals surface area contributed by atoms with Crippen molar-refractivity contribution in [2.75, 3.05) is 13.7 Å². The molecule has 0 radical (unpaired) electrons. The zero-order valence-electron chi connectivity index (χ0n) is 17.2. The van der Waals surface area contributed by atoms with Gasteiger partial charge in [0.15, 0.2) is 0 Å². The lowest BCUT2D eigenvalue weighted by Gasteiger charge is -2.31. The van der Waals surface area contributed by atoms with Crippen LogP contribution < -0.4 is 5.32 Å². The third kappa shape index (κ3) is 3.08. The molecule has 3 heterocycles. The molecule has 0 aliphatic carbocycles. The summed E-state index contributed by atoms with van der Waals surface area (Å²) in [7, 11) is 1.66. The fourth-order valence-corrected chi connectivity index (χ4v) is 4.48. The van der Waals surface area contributed by atoms with Crippen molar-refractivity contribution in [1.29, 1.82) is 0 Å². The van der Waals surface area contributed by atoms with Gasteiger partial charge in [0.2, 0.25) is 5.91 Å². The van der Waals surface area contributed by atoms with E-state index in [0.29, 0.717) is 19.0 Å². The molecule has 2 aliphatic rings. The number of methoxy groups -OCH3 is 1. The standard InChI is InChI=1S/C23H27N3O3/c1-5-23(2,3)20-16(15-9-6-7-10-18(15)26(20)14-29-4)13-17-22(28)25-12-8-11-19(25)21(27)24-17/h5-7,9-10,13,19H,1,8,11-12,14H2,2-4H3,(H,24,27)/b17-13-/t19-/m0/s1. The zero-order chi connectivity index (χ0) is 20.8.